The van der Waals surface area contributed by atoms with Gasteiger partial charge in [0, 0.05) is 17.7 Å². The Bertz CT molecular complexity index is 827. The molecule has 1 aliphatic carbocycles. The fourth-order valence-electron chi connectivity index (χ4n) is 3.03. The van der Waals surface area contributed by atoms with E-state index in [4.69, 9.17) is 4.74 Å². The van der Waals surface area contributed by atoms with E-state index in [0.29, 0.717) is 12.3 Å². The van der Waals surface area contributed by atoms with E-state index in [1.165, 1.54) is 5.56 Å². The first-order valence-electron chi connectivity index (χ1n) is 7.44. The number of para-hydroxylation sites is 1. The molecule has 0 unspecified atom stereocenters. The largest absolute Gasteiger partial charge is 0.496 e. The number of aromatic nitrogens is 4. The first kappa shape index (κ1) is 13.1. The van der Waals surface area contributed by atoms with Crippen LogP contribution in [-0.2, 0) is 19.4 Å². The summed E-state index contributed by atoms with van der Waals surface area (Å²) in [5.41, 5.74) is 3.51. The van der Waals surface area contributed by atoms with Gasteiger partial charge in [0.1, 0.15) is 17.9 Å². The summed E-state index contributed by atoms with van der Waals surface area (Å²) in [6.45, 7) is 0.676. The van der Waals surface area contributed by atoms with Gasteiger partial charge in [-0.3, -0.25) is 0 Å². The van der Waals surface area contributed by atoms with Crippen molar-refractivity contribution < 1.29 is 4.74 Å². The second-order valence-corrected chi connectivity index (χ2v) is 5.38. The van der Waals surface area contributed by atoms with E-state index in [1.54, 1.807) is 18.0 Å². The highest BCUT2D eigenvalue weighted by Gasteiger charge is 2.20. The smallest absolute Gasteiger partial charge is 0.254 e. The van der Waals surface area contributed by atoms with Crippen LogP contribution >= 0.6 is 0 Å². The van der Waals surface area contributed by atoms with Gasteiger partial charge >= 0.3 is 0 Å². The number of benzene rings is 1. The Balaban J connectivity index is 1.71. The van der Waals surface area contributed by atoms with Crippen molar-refractivity contribution in [1.29, 1.82) is 0 Å². The molecule has 3 aromatic rings. The summed E-state index contributed by atoms with van der Waals surface area (Å²) in [5.74, 6) is 2.54. The van der Waals surface area contributed by atoms with Gasteiger partial charge in [-0.05, 0) is 25.3 Å². The van der Waals surface area contributed by atoms with Gasteiger partial charge in [-0.2, -0.15) is 14.6 Å². The molecular formula is C16H17N5O. The van der Waals surface area contributed by atoms with Crippen LogP contribution < -0.4 is 10.1 Å². The van der Waals surface area contributed by atoms with Crippen LogP contribution in [0.3, 0.4) is 0 Å². The molecular weight excluding hydrogens is 278 g/mol. The molecule has 1 N–H and O–H groups in total. The molecule has 112 valence electrons. The third-order valence-corrected chi connectivity index (χ3v) is 4.09. The first-order chi connectivity index (χ1) is 10.9. The normalized spacial score (nSPS) is 13.3. The molecule has 4 rings (SSSR count). The van der Waals surface area contributed by atoms with E-state index in [-0.39, 0.29) is 0 Å². The second kappa shape index (κ2) is 5.29. The van der Waals surface area contributed by atoms with Crippen LogP contribution in [0.1, 0.15) is 23.2 Å². The van der Waals surface area contributed by atoms with Gasteiger partial charge < -0.3 is 10.1 Å². The Morgan fingerprint density at radius 2 is 2.18 bits per heavy atom. The zero-order chi connectivity index (χ0) is 14.9. The lowest BCUT2D eigenvalue weighted by atomic mass is 10.2. The average Bonchev–Trinajstić information content (AvgIpc) is 3.20. The Morgan fingerprint density at radius 1 is 1.27 bits per heavy atom. The number of fused-ring (bicyclic) bond motifs is 2. The van der Waals surface area contributed by atoms with Gasteiger partial charge in [0.05, 0.1) is 12.8 Å². The van der Waals surface area contributed by atoms with E-state index in [0.717, 1.165) is 42.1 Å². The number of hydrogen-bond acceptors (Lipinski definition) is 5. The number of rotatable bonds is 4. The molecule has 1 aliphatic rings. The fraction of sp³-hybridized carbons (Fsp3) is 0.312. The summed E-state index contributed by atoms with van der Waals surface area (Å²) in [6, 6.07) is 8.02. The zero-order valence-corrected chi connectivity index (χ0v) is 12.4. The Morgan fingerprint density at radius 3 is 3.09 bits per heavy atom. The molecule has 2 aromatic heterocycles. The third-order valence-electron chi connectivity index (χ3n) is 4.09. The summed E-state index contributed by atoms with van der Waals surface area (Å²) in [6.07, 6.45) is 4.74. The second-order valence-electron chi connectivity index (χ2n) is 5.38. The summed E-state index contributed by atoms with van der Waals surface area (Å²) >= 11 is 0. The quantitative estimate of drug-likeness (QED) is 0.799. The highest BCUT2D eigenvalue weighted by molar-refractivity contribution is 5.55. The maximum Gasteiger partial charge on any atom is 0.254 e. The van der Waals surface area contributed by atoms with Crippen molar-refractivity contribution >= 4 is 11.6 Å². The number of methoxy groups -OCH3 is 1. The molecule has 22 heavy (non-hydrogen) atoms. The van der Waals surface area contributed by atoms with Crippen LogP contribution in [0.25, 0.3) is 5.78 Å². The minimum absolute atomic E-state index is 0.656. The highest BCUT2D eigenvalue weighted by atomic mass is 16.5. The molecule has 0 atom stereocenters. The molecule has 0 amide bonds. The van der Waals surface area contributed by atoms with E-state index in [9.17, 15) is 0 Å². The van der Waals surface area contributed by atoms with Crippen LogP contribution in [0.5, 0.6) is 5.75 Å². The third kappa shape index (κ3) is 2.07. The molecule has 0 radical (unpaired) electrons. The van der Waals surface area contributed by atoms with Crippen LogP contribution in [0.2, 0.25) is 0 Å². The van der Waals surface area contributed by atoms with Gasteiger partial charge in [-0.25, -0.2) is 4.98 Å². The number of nitrogens with one attached hydrogen (secondary N) is 1. The molecule has 0 bridgehead atoms. The predicted octanol–water partition coefficient (Wildman–Crippen LogP) is 2.23. The molecule has 6 heteroatoms. The van der Waals surface area contributed by atoms with Gasteiger partial charge in [-0.15, -0.1) is 0 Å². The molecule has 0 spiro atoms. The molecule has 0 saturated heterocycles. The van der Waals surface area contributed by atoms with E-state index in [1.807, 2.05) is 18.2 Å². The van der Waals surface area contributed by atoms with Gasteiger partial charge in [0.2, 0.25) is 0 Å². The van der Waals surface area contributed by atoms with E-state index < -0.39 is 0 Å². The van der Waals surface area contributed by atoms with Crippen molar-refractivity contribution in [2.45, 2.75) is 25.8 Å². The summed E-state index contributed by atoms with van der Waals surface area (Å²) in [5, 5.41) is 7.81. The summed E-state index contributed by atoms with van der Waals surface area (Å²) in [7, 11) is 1.69. The topological polar surface area (TPSA) is 64.3 Å². The Kier molecular flexibility index (Phi) is 3.14. The van der Waals surface area contributed by atoms with Crippen LogP contribution in [0.4, 0.5) is 5.82 Å². The summed E-state index contributed by atoms with van der Waals surface area (Å²) < 4.78 is 7.20. The number of hydrogen-bond donors (Lipinski definition) is 1. The summed E-state index contributed by atoms with van der Waals surface area (Å²) in [4.78, 5) is 8.81. The molecule has 6 nitrogen and oxygen atoms in total. The predicted molar refractivity (Wildman–Crippen MR) is 83.1 cm³/mol. The van der Waals surface area contributed by atoms with Gasteiger partial charge in [0.25, 0.3) is 5.78 Å². The number of anilines is 1. The molecule has 1 aromatic carbocycles. The lowest BCUT2D eigenvalue weighted by Crippen LogP contribution is -2.10. The lowest BCUT2D eigenvalue weighted by Gasteiger charge is -2.14. The van der Waals surface area contributed by atoms with E-state index in [2.05, 4.69) is 26.4 Å². The van der Waals surface area contributed by atoms with Gasteiger partial charge in [-0.1, -0.05) is 18.2 Å². The maximum atomic E-state index is 5.41. The number of aryl methyl sites for hydroxylation is 1. The van der Waals surface area contributed by atoms with Crippen molar-refractivity contribution in [3.8, 4) is 5.75 Å². The van der Waals surface area contributed by atoms with Crippen molar-refractivity contribution in [3.63, 3.8) is 0 Å². The Labute approximate surface area is 128 Å². The fourth-order valence-corrected chi connectivity index (χ4v) is 3.03. The Hall–Kier alpha value is -2.63. The zero-order valence-electron chi connectivity index (χ0n) is 12.4. The first-order valence-corrected chi connectivity index (χ1v) is 7.44. The minimum Gasteiger partial charge on any atom is -0.496 e. The van der Waals surface area contributed by atoms with Crippen molar-refractivity contribution in [1.82, 2.24) is 19.6 Å². The van der Waals surface area contributed by atoms with Crippen molar-refractivity contribution in [2.75, 3.05) is 12.4 Å². The van der Waals surface area contributed by atoms with Crippen molar-refractivity contribution in [3.05, 3.63) is 47.4 Å². The molecule has 0 fully saturated rings. The SMILES string of the molecule is COc1ccccc1CNc1c2c(nc3ncnn13)CCC2. The highest BCUT2D eigenvalue weighted by Crippen LogP contribution is 2.28. The number of ether oxygens (including phenoxy) is 1. The van der Waals surface area contributed by atoms with Gasteiger partial charge in [0.15, 0.2) is 0 Å². The average molecular weight is 295 g/mol. The standard InChI is InChI=1S/C16H17N5O/c1-22-14-8-3-2-5-11(14)9-17-15-12-6-4-7-13(12)20-16-18-10-19-21(15)16/h2-3,5,8,10,17H,4,6-7,9H2,1H3. The number of nitrogens with zero attached hydrogens (tertiary/aromatic N) is 4. The molecule has 2 heterocycles. The maximum absolute atomic E-state index is 5.41. The monoisotopic (exact) mass is 295 g/mol. The van der Waals surface area contributed by atoms with Crippen LogP contribution in [0, 0.1) is 0 Å². The molecule has 0 aliphatic heterocycles. The van der Waals surface area contributed by atoms with E-state index >= 15 is 0 Å². The van der Waals surface area contributed by atoms with Crippen molar-refractivity contribution in [2.24, 2.45) is 0 Å². The minimum atomic E-state index is 0.656. The van der Waals surface area contributed by atoms with Crippen LogP contribution in [0.15, 0.2) is 30.6 Å². The van der Waals surface area contributed by atoms with Crippen LogP contribution in [-0.4, -0.2) is 26.7 Å². The lowest BCUT2D eigenvalue weighted by molar-refractivity contribution is 0.410. The molecule has 0 saturated carbocycles.